The molecule has 0 aromatic carbocycles. The number of carbonyl (C=O) groups excluding carboxylic acids is 1. The molecule has 0 spiro atoms. The van der Waals surface area contributed by atoms with Gasteiger partial charge in [-0.1, -0.05) is 13.8 Å². The summed E-state index contributed by atoms with van der Waals surface area (Å²) in [5.74, 6) is 0.522. The standard InChI is InChI=1S/C19H32N6O/c1-7-25-18(11-16(22-25)10-14(2)3)19(26)24(9-8-23(5)6)12-17-15(4)20-13-21-17/h11,13-14H,7-10,12H2,1-6H3,(H,20,21). The number of aromatic amines is 1. The monoisotopic (exact) mass is 360 g/mol. The highest BCUT2D eigenvalue weighted by atomic mass is 16.2. The summed E-state index contributed by atoms with van der Waals surface area (Å²) in [4.78, 5) is 24.7. The van der Waals surface area contributed by atoms with Crippen molar-refractivity contribution in [2.75, 3.05) is 27.2 Å². The van der Waals surface area contributed by atoms with Crippen LogP contribution < -0.4 is 0 Å². The lowest BCUT2D eigenvalue weighted by Gasteiger charge is -2.24. The molecule has 7 heteroatoms. The predicted octanol–water partition coefficient (Wildman–Crippen LogP) is 2.34. The lowest BCUT2D eigenvalue weighted by Crippen LogP contribution is -2.37. The van der Waals surface area contributed by atoms with Gasteiger partial charge in [0.2, 0.25) is 0 Å². The number of aromatic nitrogens is 4. The lowest BCUT2D eigenvalue weighted by molar-refractivity contribution is 0.0717. The molecule has 2 heterocycles. The van der Waals surface area contributed by atoms with Gasteiger partial charge in [0.25, 0.3) is 5.91 Å². The molecule has 0 fully saturated rings. The van der Waals surface area contributed by atoms with E-state index in [4.69, 9.17) is 0 Å². The van der Waals surface area contributed by atoms with Crippen LogP contribution in [0.25, 0.3) is 0 Å². The van der Waals surface area contributed by atoms with Gasteiger partial charge in [-0.05, 0) is 46.3 Å². The Kier molecular flexibility index (Phi) is 6.97. The zero-order valence-corrected chi connectivity index (χ0v) is 16.9. The van der Waals surface area contributed by atoms with E-state index >= 15 is 0 Å². The van der Waals surface area contributed by atoms with Crippen LogP contribution in [0.15, 0.2) is 12.4 Å². The second-order valence-corrected chi connectivity index (χ2v) is 7.44. The van der Waals surface area contributed by atoms with Crippen LogP contribution in [0.4, 0.5) is 0 Å². The normalized spacial score (nSPS) is 11.5. The second kappa shape index (κ2) is 8.98. The van der Waals surface area contributed by atoms with Gasteiger partial charge >= 0.3 is 0 Å². The van der Waals surface area contributed by atoms with Gasteiger partial charge in [-0.25, -0.2) is 4.98 Å². The van der Waals surface area contributed by atoms with Gasteiger partial charge in [0.1, 0.15) is 5.69 Å². The molecule has 1 N–H and O–H groups in total. The van der Waals surface area contributed by atoms with E-state index < -0.39 is 0 Å². The maximum atomic E-state index is 13.3. The van der Waals surface area contributed by atoms with E-state index in [-0.39, 0.29) is 5.91 Å². The maximum Gasteiger partial charge on any atom is 0.272 e. The predicted molar refractivity (Wildman–Crippen MR) is 103 cm³/mol. The van der Waals surface area contributed by atoms with E-state index in [1.165, 1.54) is 0 Å². The molecule has 0 radical (unpaired) electrons. The number of aryl methyl sites for hydroxylation is 2. The van der Waals surface area contributed by atoms with Crippen molar-refractivity contribution in [1.82, 2.24) is 29.5 Å². The molecule has 2 aromatic rings. The molecule has 0 atom stereocenters. The number of hydrogen-bond acceptors (Lipinski definition) is 4. The number of H-pyrrole nitrogens is 1. The van der Waals surface area contributed by atoms with Gasteiger partial charge in [-0.2, -0.15) is 5.10 Å². The topological polar surface area (TPSA) is 70.1 Å². The number of amides is 1. The molecule has 0 saturated carbocycles. The molecule has 0 aliphatic heterocycles. The molecular formula is C19H32N6O. The first-order valence-electron chi connectivity index (χ1n) is 9.31. The summed E-state index contributed by atoms with van der Waals surface area (Å²) in [5.41, 5.74) is 3.54. The highest BCUT2D eigenvalue weighted by Crippen LogP contribution is 2.15. The number of likely N-dealkylation sites (N-methyl/N-ethyl adjacent to an activating group) is 1. The molecule has 0 saturated heterocycles. The molecule has 26 heavy (non-hydrogen) atoms. The Labute approximate surface area is 156 Å². The largest absolute Gasteiger partial charge is 0.348 e. The first kappa shape index (κ1) is 20.2. The zero-order chi connectivity index (χ0) is 19.3. The molecule has 7 nitrogen and oxygen atoms in total. The minimum absolute atomic E-state index is 0.0126. The van der Waals surface area contributed by atoms with E-state index in [9.17, 15) is 4.79 Å². The van der Waals surface area contributed by atoms with Crippen LogP contribution in [0.5, 0.6) is 0 Å². The molecule has 0 bridgehead atoms. The molecule has 0 aliphatic carbocycles. The van der Waals surface area contributed by atoms with Crippen molar-refractivity contribution in [3.8, 4) is 0 Å². The highest BCUT2D eigenvalue weighted by Gasteiger charge is 2.22. The van der Waals surface area contributed by atoms with Gasteiger partial charge in [0.15, 0.2) is 0 Å². The van der Waals surface area contributed by atoms with Gasteiger partial charge in [0.05, 0.1) is 24.3 Å². The van der Waals surface area contributed by atoms with Crippen molar-refractivity contribution in [3.63, 3.8) is 0 Å². The Morgan fingerprint density at radius 1 is 1.31 bits per heavy atom. The van der Waals surface area contributed by atoms with Crippen molar-refractivity contribution in [2.45, 2.75) is 47.2 Å². The van der Waals surface area contributed by atoms with Crippen LogP contribution in [0.1, 0.15) is 48.3 Å². The van der Waals surface area contributed by atoms with Crippen molar-refractivity contribution in [1.29, 1.82) is 0 Å². The van der Waals surface area contributed by atoms with Crippen LogP contribution in [0.2, 0.25) is 0 Å². The van der Waals surface area contributed by atoms with Crippen molar-refractivity contribution in [3.05, 3.63) is 35.2 Å². The highest BCUT2D eigenvalue weighted by molar-refractivity contribution is 5.92. The van der Waals surface area contributed by atoms with Crippen molar-refractivity contribution >= 4 is 5.91 Å². The van der Waals surface area contributed by atoms with Crippen LogP contribution >= 0.6 is 0 Å². The first-order valence-corrected chi connectivity index (χ1v) is 9.31. The number of carbonyl (C=O) groups is 1. The van der Waals surface area contributed by atoms with E-state index in [0.29, 0.717) is 31.2 Å². The van der Waals surface area contributed by atoms with E-state index in [1.807, 2.05) is 43.6 Å². The van der Waals surface area contributed by atoms with Crippen LogP contribution in [0, 0.1) is 12.8 Å². The fraction of sp³-hybridized carbons (Fsp3) is 0.632. The Morgan fingerprint density at radius 2 is 2.04 bits per heavy atom. The summed E-state index contributed by atoms with van der Waals surface area (Å²) in [6.45, 7) is 10.9. The summed E-state index contributed by atoms with van der Waals surface area (Å²) in [6, 6.07) is 1.95. The second-order valence-electron chi connectivity index (χ2n) is 7.44. The van der Waals surface area contributed by atoms with Gasteiger partial charge < -0.3 is 14.8 Å². The zero-order valence-electron chi connectivity index (χ0n) is 16.9. The number of rotatable bonds is 9. The molecule has 0 aliphatic rings. The lowest BCUT2D eigenvalue weighted by atomic mass is 10.1. The number of imidazole rings is 1. The summed E-state index contributed by atoms with van der Waals surface area (Å²) in [5, 5.41) is 4.62. The van der Waals surface area contributed by atoms with E-state index in [1.54, 1.807) is 6.33 Å². The van der Waals surface area contributed by atoms with Gasteiger partial charge in [0, 0.05) is 25.3 Å². The minimum Gasteiger partial charge on any atom is -0.348 e. The maximum absolute atomic E-state index is 13.3. The summed E-state index contributed by atoms with van der Waals surface area (Å²) >= 11 is 0. The van der Waals surface area contributed by atoms with Crippen molar-refractivity contribution in [2.24, 2.45) is 5.92 Å². The molecule has 2 aromatic heterocycles. The Hall–Kier alpha value is -2.15. The Morgan fingerprint density at radius 3 is 2.58 bits per heavy atom. The Bertz CT molecular complexity index is 715. The fourth-order valence-electron chi connectivity index (χ4n) is 2.86. The third kappa shape index (κ3) is 5.17. The molecular weight excluding hydrogens is 328 g/mol. The molecule has 2 rings (SSSR count). The van der Waals surface area contributed by atoms with Crippen LogP contribution in [0.3, 0.4) is 0 Å². The quantitative estimate of drug-likeness (QED) is 0.745. The molecule has 144 valence electrons. The Balaban J connectivity index is 2.26. The fourth-order valence-corrected chi connectivity index (χ4v) is 2.86. The third-order valence-electron chi connectivity index (χ3n) is 4.35. The average Bonchev–Trinajstić information content (AvgIpc) is 3.16. The van der Waals surface area contributed by atoms with Gasteiger partial charge in [-0.3, -0.25) is 9.48 Å². The summed E-state index contributed by atoms with van der Waals surface area (Å²) in [7, 11) is 4.03. The first-order chi connectivity index (χ1) is 12.3. The molecule has 0 unspecified atom stereocenters. The van der Waals surface area contributed by atoms with Gasteiger partial charge in [-0.15, -0.1) is 0 Å². The van der Waals surface area contributed by atoms with E-state index in [2.05, 4.69) is 33.8 Å². The van der Waals surface area contributed by atoms with Crippen molar-refractivity contribution < 1.29 is 4.79 Å². The van der Waals surface area contributed by atoms with E-state index in [0.717, 1.165) is 30.0 Å². The third-order valence-corrected chi connectivity index (χ3v) is 4.35. The summed E-state index contributed by atoms with van der Waals surface area (Å²) in [6.07, 6.45) is 2.56. The van der Waals surface area contributed by atoms with Crippen LogP contribution in [-0.2, 0) is 19.5 Å². The summed E-state index contributed by atoms with van der Waals surface area (Å²) < 4.78 is 1.82. The minimum atomic E-state index is 0.0126. The molecule has 1 amide bonds. The average molecular weight is 361 g/mol. The SMILES string of the molecule is CCn1nc(CC(C)C)cc1C(=O)N(CCN(C)C)Cc1nc[nH]c1C. The van der Waals surface area contributed by atoms with Crippen LogP contribution in [-0.4, -0.2) is 62.6 Å². The number of hydrogen-bond donors (Lipinski definition) is 1. The number of nitrogens with one attached hydrogen (secondary N) is 1. The number of nitrogens with zero attached hydrogens (tertiary/aromatic N) is 5. The smallest absolute Gasteiger partial charge is 0.272 e.